The molecule has 0 fully saturated rings. The van der Waals surface area contributed by atoms with Crippen molar-refractivity contribution in [3.8, 4) is 5.88 Å². The van der Waals surface area contributed by atoms with Crippen LogP contribution in [0.15, 0.2) is 53.3 Å². The molecular formula is C20H13ClF3N5O3. The van der Waals surface area contributed by atoms with E-state index in [0.29, 0.717) is 10.3 Å². The SMILES string of the molecule is COc1ncc(NC(=O)c2cnn(C3=CC=CC4C(=O)N=CC=C34)c2C(F)(F)F)cc1Cl. The lowest BCUT2D eigenvalue weighted by Crippen LogP contribution is -2.25. The molecule has 2 aromatic heterocycles. The van der Waals surface area contributed by atoms with E-state index in [1.165, 1.54) is 49.9 Å². The van der Waals surface area contributed by atoms with Crippen LogP contribution in [0.3, 0.4) is 0 Å². The Kier molecular flexibility index (Phi) is 5.43. The molecule has 32 heavy (non-hydrogen) atoms. The number of hydrogen-bond acceptors (Lipinski definition) is 5. The summed E-state index contributed by atoms with van der Waals surface area (Å²) >= 11 is 5.95. The molecule has 0 aromatic carbocycles. The number of rotatable bonds is 4. The van der Waals surface area contributed by atoms with Crippen LogP contribution in [0.1, 0.15) is 16.1 Å². The van der Waals surface area contributed by atoms with Crippen molar-refractivity contribution in [1.82, 2.24) is 14.8 Å². The first-order valence-corrected chi connectivity index (χ1v) is 9.42. The highest BCUT2D eigenvalue weighted by Crippen LogP contribution is 2.38. The van der Waals surface area contributed by atoms with Gasteiger partial charge in [0.05, 0.1) is 42.4 Å². The predicted octanol–water partition coefficient (Wildman–Crippen LogP) is 3.78. The minimum atomic E-state index is -4.93. The first kappa shape index (κ1) is 21.5. The molecule has 0 radical (unpaired) electrons. The third kappa shape index (κ3) is 3.82. The predicted molar refractivity (Wildman–Crippen MR) is 109 cm³/mol. The van der Waals surface area contributed by atoms with E-state index in [9.17, 15) is 22.8 Å². The lowest BCUT2D eigenvalue weighted by molar-refractivity contribution is -0.143. The third-order valence-electron chi connectivity index (χ3n) is 4.68. The number of allylic oxidation sites excluding steroid dienone is 4. The van der Waals surface area contributed by atoms with E-state index in [0.717, 1.165) is 6.20 Å². The topological polar surface area (TPSA) is 98.5 Å². The van der Waals surface area contributed by atoms with Gasteiger partial charge in [-0.1, -0.05) is 23.8 Å². The second-order valence-corrected chi connectivity index (χ2v) is 7.05. The van der Waals surface area contributed by atoms with Gasteiger partial charge in [-0.3, -0.25) is 9.59 Å². The van der Waals surface area contributed by atoms with Crippen LogP contribution in [0.25, 0.3) is 5.70 Å². The van der Waals surface area contributed by atoms with Crippen molar-refractivity contribution in [2.45, 2.75) is 6.18 Å². The fourth-order valence-corrected chi connectivity index (χ4v) is 3.54. The van der Waals surface area contributed by atoms with Gasteiger partial charge in [0, 0.05) is 6.21 Å². The number of carbonyl (C=O) groups is 2. The maximum Gasteiger partial charge on any atom is 0.434 e. The standard InChI is InChI=1S/C20H13ClF3N5O3/c1-32-19-14(21)7-10(8-26-19)28-18(31)13-9-27-29(16(13)20(22,23)24)15-4-2-3-12-11(15)5-6-25-17(12)30/h2-9,12H,1H3,(H,28,31). The van der Waals surface area contributed by atoms with Gasteiger partial charge in [-0.25, -0.2) is 14.7 Å². The largest absolute Gasteiger partial charge is 0.480 e. The Morgan fingerprint density at radius 1 is 1.28 bits per heavy atom. The Labute approximate surface area is 183 Å². The number of nitrogens with one attached hydrogen (secondary N) is 1. The Morgan fingerprint density at radius 3 is 2.75 bits per heavy atom. The van der Waals surface area contributed by atoms with Crippen LogP contribution in [0.4, 0.5) is 18.9 Å². The summed E-state index contributed by atoms with van der Waals surface area (Å²) in [7, 11) is 1.34. The van der Waals surface area contributed by atoms with Crippen molar-refractivity contribution < 1.29 is 27.5 Å². The maximum absolute atomic E-state index is 14.0. The summed E-state index contributed by atoms with van der Waals surface area (Å²) in [4.78, 5) is 32.2. The van der Waals surface area contributed by atoms with Gasteiger partial charge >= 0.3 is 6.18 Å². The van der Waals surface area contributed by atoms with Gasteiger partial charge in [0.15, 0.2) is 5.69 Å². The van der Waals surface area contributed by atoms with Crippen molar-refractivity contribution in [3.63, 3.8) is 0 Å². The van der Waals surface area contributed by atoms with Crippen molar-refractivity contribution in [2.24, 2.45) is 10.9 Å². The first-order valence-electron chi connectivity index (χ1n) is 9.04. The van der Waals surface area contributed by atoms with E-state index >= 15 is 0 Å². The molecule has 3 heterocycles. The highest BCUT2D eigenvalue weighted by atomic mass is 35.5. The number of methoxy groups -OCH3 is 1. The Balaban J connectivity index is 1.73. The van der Waals surface area contributed by atoms with Gasteiger partial charge in [0.25, 0.3) is 11.8 Å². The van der Waals surface area contributed by atoms with E-state index in [1.807, 2.05) is 0 Å². The molecule has 12 heteroatoms. The molecule has 1 aliphatic carbocycles. The van der Waals surface area contributed by atoms with E-state index in [1.54, 1.807) is 0 Å². The number of carbonyl (C=O) groups excluding carboxylic acids is 2. The molecular weight excluding hydrogens is 451 g/mol. The normalized spacial score (nSPS) is 17.5. The van der Waals surface area contributed by atoms with Crippen molar-refractivity contribution in [1.29, 1.82) is 0 Å². The number of halogens is 4. The molecule has 164 valence electrons. The van der Waals surface area contributed by atoms with Crippen LogP contribution >= 0.6 is 11.6 Å². The average Bonchev–Trinajstić information content (AvgIpc) is 3.20. The summed E-state index contributed by atoms with van der Waals surface area (Å²) in [5, 5.41) is 6.20. The summed E-state index contributed by atoms with van der Waals surface area (Å²) in [6, 6.07) is 1.29. The van der Waals surface area contributed by atoms with Crippen molar-refractivity contribution in [2.75, 3.05) is 12.4 Å². The number of aliphatic imine (C=N–C) groups is 1. The fourth-order valence-electron chi connectivity index (χ4n) is 3.30. The quantitative estimate of drug-likeness (QED) is 0.744. The van der Waals surface area contributed by atoms with Crippen LogP contribution in [0.5, 0.6) is 5.88 Å². The number of aromatic nitrogens is 3. The number of anilines is 1. The van der Waals surface area contributed by atoms with E-state index in [-0.39, 0.29) is 22.3 Å². The van der Waals surface area contributed by atoms with Gasteiger partial charge in [-0.15, -0.1) is 0 Å². The van der Waals surface area contributed by atoms with Crippen LogP contribution in [-0.4, -0.2) is 39.9 Å². The highest BCUT2D eigenvalue weighted by molar-refractivity contribution is 6.32. The Morgan fingerprint density at radius 2 is 2.06 bits per heavy atom. The molecule has 0 saturated heterocycles. The first-order chi connectivity index (χ1) is 15.2. The number of fused-ring (bicyclic) bond motifs is 1. The number of alkyl halides is 3. The van der Waals surface area contributed by atoms with Gasteiger partial charge in [0.2, 0.25) is 5.88 Å². The Bertz CT molecular complexity index is 1240. The maximum atomic E-state index is 14.0. The monoisotopic (exact) mass is 463 g/mol. The lowest BCUT2D eigenvalue weighted by atomic mass is 9.89. The van der Waals surface area contributed by atoms with Gasteiger partial charge in [-0.2, -0.15) is 18.3 Å². The summed E-state index contributed by atoms with van der Waals surface area (Å²) in [5.74, 6) is -2.30. The van der Waals surface area contributed by atoms with Crippen molar-refractivity contribution >= 4 is 41.0 Å². The average molecular weight is 464 g/mol. The van der Waals surface area contributed by atoms with Crippen molar-refractivity contribution in [3.05, 3.63) is 64.6 Å². The number of pyridine rings is 1. The number of nitrogens with zero attached hydrogens (tertiary/aromatic N) is 4. The molecule has 1 atom stereocenters. The molecule has 2 aliphatic rings. The molecule has 0 spiro atoms. The molecule has 0 saturated carbocycles. The van der Waals surface area contributed by atoms with Crippen LogP contribution in [-0.2, 0) is 11.0 Å². The number of dihydropyridines is 1. The van der Waals surface area contributed by atoms with Gasteiger partial charge in [-0.05, 0) is 23.8 Å². The zero-order valence-electron chi connectivity index (χ0n) is 16.2. The van der Waals surface area contributed by atoms with Gasteiger partial charge in [0.1, 0.15) is 5.02 Å². The molecule has 2 amide bonds. The van der Waals surface area contributed by atoms with E-state index in [4.69, 9.17) is 16.3 Å². The minimum Gasteiger partial charge on any atom is -0.480 e. The summed E-state index contributed by atoms with van der Waals surface area (Å²) in [6.07, 6.45) is 4.08. The number of ether oxygens (including phenoxy) is 1. The van der Waals surface area contributed by atoms with Crippen LogP contribution < -0.4 is 10.1 Å². The zero-order chi connectivity index (χ0) is 23.0. The molecule has 2 aromatic rings. The molecule has 1 aliphatic heterocycles. The number of amides is 2. The second-order valence-electron chi connectivity index (χ2n) is 6.64. The van der Waals surface area contributed by atoms with E-state index in [2.05, 4.69) is 20.4 Å². The molecule has 0 bridgehead atoms. The molecule has 1 N–H and O–H groups in total. The lowest BCUT2D eigenvalue weighted by Gasteiger charge is -2.23. The van der Waals surface area contributed by atoms with E-state index < -0.39 is 35.2 Å². The highest BCUT2D eigenvalue weighted by Gasteiger charge is 2.42. The minimum absolute atomic E-state index is 0.0116. The fraction of sp³-hybridized carbons (Fsp3) is 0.150. The number of hydrogen-bond donors (Lipinski definition) is 1. The van der Waals surface area contributed by atoms with Gasteiger partial charge < -0.3 is 10.1 Å². The smallest absolute Gasteiger partial charge is 0.434 e. The summed E-state index contributed by atoms with van der Waals surface area (Å²) in [5.41, 5.74) is -1.64. The third-order valence-corrected chi connectivity index (χ3v) is 4.95. The molecule has 1 unspecified atom stereocenters. The summed E-state index contributed by atoms with van der Waals surface area (Å²) < 4.78 is 47.5. The molecule has 4 rings (SSSR count). The Hall–Kier alpha value is -3.73. The van der Waals surface area contributed by atoms with Crippen LogP contribution in [0.2, 0.25) is 5.02 Å². The molecule has 8 nitrogen and oxygen atoms in total. The summed E-state index contributed by atoms with van der Waals surface area (Å²) in [6.45, 7) is 0. The zero-order valence-corrected chi connectivity index (χ0v) is 17.0. The second kappa shape index (κ2) is 8.08. The van der Waals surface area contributed by atoms with Crippen LogP contribution in [0, 0.1) is 5.92 Å².